The summed E-state index contributed by atoms with van der Waals surface area (Å²) >= 11 is 1.31. The van der Waals surface area contributed by atoms with Gasteiger partial charge in [0.15, 0.2) is 9.84 Å². The third-order valence-corrected chi connectivity index (χ3v) is 7.30. The Bertz CT molecular complexity index is 1010. The van der Waals surface area contributed by atoms with Gasteiger partial charge in [-0.25, -0.2) is 12.8 Å². The lowest BCUT2D eigenvalue weighted by Gasteiger charge is -2.38. The summed E-state index contributed by atoms with van der Waals surface area (Å²) in [6.45, 7) is 2.23. The zero-order valence-corrected chi connectivity index (χ0v) is 17.4. The summed E-state index contributed by atoms with van der Waals surface area (Å²) in [5, 5.41) is 0. The van der Waals surface area contributed by atoms with Gasteiger partial charge >= 0.3 is 6.18 Å². The number of hydrogen-bond donors (Lipinski definition) is 0. The SMILES string of the molecule is CC1(Sc2cccc(C(F)(F)F)c2)CCOC(c2ccc(S(C)(=O)=O)cc2F)C1. The Morgan fingerprint density at radius 3 is 2.52 bits per heavy atom. The first-order valence-corrected chi connectivity index (χ1v) is 11.6. The van der Waals surface area contributed by atoms with Gasteiger partial charge in [0.2, 0.25) is 0 Å². The van der Waals surface area contributed by atoms with E-state index in [4.69, 9.17) is 4.74 Å². The molecule has 3 nitrogen and oxygen atoms in total. The molecule has 0 aromatic heterocycles. The fraction of sp³-hybridized carbons (Fsp3) is 0.400. The molecule has 0 spiro atoms. The normalized spacial score (nSPS) is 23.2. The molecule has 1 aliphatic heterocycles. The van der Waals surface area contributed by atoms with Crippen LogP contribution in [0.2, 0.25) is 0 Å². The van der Waals surface area contributed by atoms with Gasteiger partial charge in [-0.1, -0.05) is 12.1 Å². The van der Waals surface area contributed by atoms with E-state index in [2.05, 4.69) is 0 Å². The maximum absolute atomic E-state index is 14.6. The average Bonchev–Trinajstić information content (AvgIpc) is 2.60. The van der Waals surface area contributed by atoms with Crippen LogP contribution in [0.25, 0.3) is 0 Å². The van der Waals surface area contributed by atoms with Crippen molar-refractivity contribution in [1.82, 2.24) is 0 Å². The first-order chi connectivity index (χ1) is 13.4. The number of sulfone groups is 1. The van der Waals surface area contributed by atoms with E-state index in [0.29, 0.717) is 24.3 Å². The van der Waals surface area contributed by atoms with Gasteiger partial charge in [-0.3, -0.25) is 0 Å². The van der Waals surface area contributed by atoms with Crippen LogP contribution in [-0.4, -0.2) is 26.0 Å². The summed E-state index contributed by atoms with van der Waals surface area (Å²) in [5.41, 5.74) is -0.468. The molecular formula is C20H20F4O3S2. The molecule has 1 heterocycles. The van der Waals surface area contributed by atoms with E-state index >= 15 is 0 Å². The van der Waals surface area contributed by atoms with E-state index in [0.717, 1.165) is 24.5 Å². The molecule has 158 valence electrons. The average molecular weight is 449 g/mol. The monoisotopic (exact) mass is 448 g/mol. The van der Waals surface area contributed by atoms with Crippen molar-refractivity contribution in [3.63, 3.8) is 0 Å². The lowest BCUT2D eigenvalue weighted by molar-refractivity contribution is -0.137. The highest BCUT2D eigenvalue weighted by atomic mass is 32.2. The van der Waals surface area contributed by atoms with Crippen LogP contribution in [0.5, 0.6) is 0 Å². The minimum Gasteiger partial charge on any atom is -0.373 e. The fourth-order valence-corrected chi connectivity index (χ4v) is 5.24. The van der Waals surface area contributed by atoms with Crippen LogP contribution in [0.1, 0.15) is 37.0 Å². The molecule has 1 fully saturated rings. The maximum Gasteiger partial charge on any atom is 0.416 e. The van der Waals surface area contributed by atoms with Gasteiger partial charge in [0.1, 0.15) is 5.82 Å². The van der Waals surface area contributed by atoms with Crippen LogP contribution in [-0.2, 0) is 20.8 Å². The molecule has 0 N–H and O–H groups in total. The quantitative estimate of drug-likeness (QED) is 0.567. The molecule has 0 aliphatic carbocycles. The van der Waals surface area contributed by atoms with Crippen molar-refractivity contribution in [2.24, 2.45) is 0 Å². The van der Waals surface area contributed by atoms with Crippen molar-refractivity contribution in [2.75, 3.05) is 12.9 Å². The van der Waals surface area contributed by atoms with Gasteiger partial charge in [0.25, 0.3) is 0 Å². The Balaban J connectivity index is 1.82. The second kappa shape index (κ2) is 7.92. The highest BCUT2D eigenvalue weighted by Gasteiger charge is 2.37. The van der Waals surface area contributed by atoms with Crippen LogP contribution in [0, 0.1) is 5.82 Å². The minimum atomic E-state index is -4.42. The number of alkyl halides is 3. The molecule has 0 bridgehead atoms. The molecule has 0 amide bonds. The number of hydrogen-bond acceptors (Lipinski definition) is 4. The van der Waals surface area contributed by atoms with Gasteiger partial charge in [0.05, 0.1) is 16.6 Å². The molecule has 2 aromatic rings. The standard InChI is InChI=1S/C20H20F4O3S2/c1-19(28-14-5-3-4-13(10-14)20(22,23)24)8-9-27-18(12-19)16-7-6-15(11-17(16)21)29(2,25)26/h3-7,10-11,18H,8-9,12H2,1-2H3. The first-order valence-electron chi connectivity index (χ1n) is 8.85. The summed E-state index contributed by atoms with van der Waals surface area (Å²) in [7, 11) is -3.53. The summed E-state index contributed by atoms with van der Waals surface area (Å²) in [6.07, 6.45) is -3.06. The predicted octanol–water partition coefficient (Wildman–Crippen LogP) is 5.65. The third kappa shape index (κ3) is 5.32. The second-order valence-corrected chi connectivity index (χ2v) is 11.0. The second-order valence-electron chi connectivity index (χ2n) is 7.35. The molecule has 2 atom stereocenters. The van der Waals surface area contributed by atoms with Crippen LogP contribution in [0.4, 0.5) is 17.6 Å². The van der Waals surface area contributed by atoms with Gasteiger partial charge in [-0.2, -0.15) is 13.2 Å². The van der Waals surface area contributed by atoms with Gasteiger partial charge in [0, 0.05) is 28.1 Å². The zero-order valence-electron chi connectivity index (χ0n) is 15.8. The van der Waals surface area contributed by atoms with Gasteiger partial charge in [-0.05, 0) is 50.1 Å². The summed E-state index contributed by atoms with van der Waals surface area (Å²) in [4.78, 5) is 0.367. The molecular weight excluding hydrogens is 428 g/mol. The molecule has 29 heavy (non-hydrogen) atoms. The van der Waals surface area contributed by atoms with Crippen LogP contribution >= 0.6 is 11.8 Å². The maximum atomic E-state index is 14.6. The number of halogens is 4. The van der Waals surface area contributed by atoms with E-state index in [1.54, 1.807) is 6.07 Å². The van der Waals surface area contributed by atoms with Gasteiger partial charge < -0.3 is 4.74 Å². The first kappa shape index (κ1) is 22.1. The van der Waals surface area contributed by atoms with Crippen molar-refractivity contribution in [3.05, 3.63) is 59.4 Å². The minimum absolute atomic E-state index is 0.115. The fourth-order valence-electron chi connectivity index (χ4n) is 3.28. The van der Waals surface area contributed by atoms with Crippen molar-refractivity contribution < 1.29 is 30.7 Å². The van der Waals surface area contributed by atoms with Crippen LogP contribution < -0.4 is 0 Å². The Kier molecular flexibility index (Phi) is 6.04. The lowest BCUT2D eigenvalue weighted by atomic mass is 9.92. The molecule has 1 aliphatic rings. The molecule has 3 rings (SSSR count). The molecule has 2 aromatic carbocycles. The largest absolute Gasteiger partial charge is 0.416 e. The van der Waals surface area contributed by atoms with Crippen molar-refractivity contribution in [1.29, 1.82) is 0 Å². The summed E-state index contributed by atoms with van der Waals surface area (Å²) in [5.74, 6) is -0.675. The summed E-state index contributed by atoms with van der Waals surface area (Å²) in [6, 6.07) is 8.84. The van der Waals surface area contributed by atoms with E-state index in [9.17, 15) is 26.0 Å². The lowest BCUT2D eigenvalue weighted by Crippen LogP contribution is -2.32. The van der Waals surface area contributed by atoms with Crippen LogP contribution in [0.3, 0.4) is 0 Å². The third-order valence-electron chi connectivity index (χ3n) is 4.84. The molecule has 2 unspecified atom stereocenters. The van der Waals surface area contributed by atoms with Gasteiger partial charge in [-0.15, -0.1) is 11.8 Å². The van der Waals surface area contributed by atoms with Crippen LogP contribution in [0.15, 0.2) is 52.3 Å². The number of benzene rings is 2. The highest BCUT2D eigenvalue weighted by Crippen LogP contribution is 2.47. The van der Waals surface area contributed by atoms with Crippen molar-refractivity contribution >= 4 is 21.6 Å². The Morgan fingerprint density at radius 1 is 1.17 bits per heavy atom. The molecule has 9 heteroatoms. The van der Waals surface area contributed by atoms with E-state index in [-0.39, 0.29) is 10.5 Å². The topological polar surface area (TPSA) is 43.4 Å². The van der Waals surface area contributed by atoms with Crippen molar-refractivity contribution in [3.8, 4) is 0 Å². The van der Waals surface area contributed by atoms with Crippen molar-refractivity contribution in [2.45, 2.75) is 46.6 Å². The smallest absolute Gasteiger partial charge is 0.373 e. The summed E-state index contributed by atoms with van der Waals surface area (Å²) < 4.78 is 81.9. The number of thioether (sulfide) groups is 1. The van der Waals surface area contributed by atoms with E-state index in [1.807, 2.05) is 6.92 Å². The van der Waals surface area contributed by atoms with E-state index in [1.165, 1.54) is 30.0 Å². The molecule has 1 saturated heterocycles. The van der Waals surface area contributed by atoms with E-state index < -0.39 is 38.2 Å². The Hall–Kier alpha value is -1.58. The predicted molar refractivity (Wildman–Crippen MR) is 103 cm³/mol. The zero-order chi connectivity index (χ0) is 21.4. The molecule has 0 radical (unpaired) electrons. The highest BCUT2D eigenvalue weighted by molar-refractivity contribution is 8.00. The Labute approximate surface area is 171 Å². The molecule has 0 saturated carbocycles. The number of ether oxygens (including phenoxy) is 1. The Morgan fingerprint density at radius 2 is 1.90 bits per heavy atom. The number of rotatable bonds is 4.